The molecule has 1 aliphatic carbocycles. The van der Waals surface area contributed by atoms with Gasteiger partial charge in [-0.2, -0.15) is 9.97 Å². The van der Waals surface area contributed by atoms with Crippen molar-refractivity contribution in [1.29, 1.82) is 0 Å². The van der Waals surface area contributed by atoms with Crippen LogP contribution in [0.1, 0.15) is 94.9 Å². The van der Waals surface area contributed by atoms with Crippen molar-refractivity contribution in [3.05, 3.63) is 59.6 Å². The average molecular weight is 843 g/mol. The first-order chi connectivity index (χ1) is 29.3. The number of nitrogens with zero attached hydrogens (tertiary/aromatic N) is 5. The van der Waals surface area contributed by atoms with Crippen molar-refractivity contribution in [2.75, 3.05) is 57.5 Å². The zero-order chi connectivity index (χ0) is 43.1. The third-order valence-electron chi connectivity index (χ3n) is 14.0. The molecule has 3 N–H and O–H groups in total. The predicted molar refractivity (Wildman–Crippen MR) is 229 cm³/mol. The Kier molecular flexibility index (Phi) is 12.5. The molecule has 8 rings (SSSR count). The van der Waals surface area contributed by atoms with Gasteiger partial charge in [-0.25, -0.2) is 8.78 Å². The van der Waals surface area contributed by atoms with E-state index in [0.717, 1.165) is 64.7 Å². The summed E-state index contributed by atoms with van der Waals surface area (Å²) in [5, 5.41) is 27.0. The third kappa shape index (κ3) is 8.63. The van der Waals surface area contributed by atoms with Gasteiger partial charge in [0, 0.05) is 74.5 Å². The number of morpholine rings is 1. The first-order valence-electron chi connectivity index (χ1n) is 22.0. The average Bonchev–Trinajstić information content (AvgIpc) is 3.43. The van der Waals surface area contributed by atoms with Crippen molar-refractivity contribution in [3.63, 3.8) is 0 Å². The van der Waals surface area contributed by atoms with Crippen molar-refractivity contribution in [2.24, 2.45) is 0 Å². The second-order valence-electron chi connectivity index (χ2n) is 18.3. The van der Waals surface area contributed by atoms with Gasteiger partial charge >= 0.3 is 6.01 Å². The lowest BCUT2D eigenvalue weighted by Crippen LogP contribution is -2.65. The predicted octanol–water partition coefficient (Wildman–Crippen LogP) is 5.80. The molecule has 1 amide bonds. The summed E-state index contributed by atoms with van der Waals surface area (Å²) in [6, 6.07) is 6.81. The van der Waals surface area contributed by atoms with Crippen LogP contribution in [0.25, 0.3) is 10.8 Å². The highest BCUT2D eigenvalue weighted by Crippen LogP contribution is 2.46. The number of alkyl halides is 1. The van der Waals surface area contributed by atoms with Crippen molar-refractivity contribution in [2.45, 2.75) is 126 Å². The Bertz CT molecular complexity index is 2150. The molecule has 4 fully saturated rings. The quantitative estimate of drug-likeness (QED) is 0.169. The standard InChI is InChI=1S/C47H60F2N6O6/c1-6-37-39(49)16-11-30-20-36(56)22-38(42(30)37)31-21-40-43(60-27-31)44(53-17-9-8-10-33(25-53)50-41(57)7-2)52-45(51-40)61-28-47(46(4,5)58)23-32(48)24-55(47)35-14-12-34(13-15-35)54-18-19-59-26-29(54)3/h1,7,11,16,20,22,29,31-35,56,58H,2,8-10,12-15,17-19,21,23-28H2,3-5H3,(H,50,57)/t29-,31+,32+,33?,34?,35?,47-/m0/s1. The zero-order valence-electron chi connectivity index (χ0n) is 35.7. The number of terminal acetylenes is 1. The van der Waals surface area contributed by atoms with Crippen LogP contribution in [0.3, 0.4) is 0 Å². The molecule has 2 aromatic carbocycles. The summed E-state index contributed by atoms with van der Waals surface area (Å²) < 4.78 is 49.9. The summed E-state index contributed by atoms with van der Waals surface area (Å²) in [5.74, 6) is 2.34. The Morgan fingerprint density at radius 1 is 1.13 bits per heavy atom. The first-order valence-corrected chi connectivity index (χ1v) is 22.0. The molecule has 12 nitrogen and oxygen atoms in total. The first kappa shape index (κ1) is 43.1. The second kappa shape index (κ2) is 17.7. The summed E-state index contributed by atoms with van der Waals surface area (Å²) in [6.45, 7) is 13.1. The molecule has 3 aromatic rings. The van der Waals surface area contributed by atoms with E-state index in [9.17, 15) is 15.0 Å². The van der Waals surface area contributed by atoms with E-state index in [-0.39, 0.29) is 67.4 Å². The Labute approximate surface area is 357 Å². The molecule has 0 radical (unpaired) electrons. The van der Waals surface area contributed by atoms with Crippen LogP contribution in [-0.4, -0.2) is 130 Å². The number of fused-ring (bicyclic) bond motifs is 2. The molecule has 1 unspecified atom stereocenters. The number of hydrogen-bond acceptors (Lipinski definition) is 11. The van der Waals surface area contributed by atoms with Crippen molar-refractivity contribution in [1.82, 2.24) is 25.1 Å². The third-order valence-corrected chi connectivity index (χ3v) is 14.0. The number of aliphatic hydroxyl groups is 1. The summed E-state index contributed by atoms with van der Waals surface area (Å²) in [6.07, 6.45) is 12.6. The van der Waals surface area contributed by atoms with E-state index in [2.05, 4.69) is 39.4 Å². The lowest BCUT2D eigenvalue weighted by molar-refractivity contribution is -0.117. The fourth-order valence-corrected chi connectivity index (χ4v) is 10.9. The SMILES string of the molecule is C#Cc1c(F)ccc2cc(O)cc([C@H]3COc4c(nc(OC[C@]5(C(C)(C)O)C[C@@H](F)CN5C5CCC(N6CCOC[C@@H]6C)CC5)nc4N4CCCCC(NC(=O)C=C)C4)C3)c12. The number of halogens is 2. The van der Waals surface area contributed by atoms with Crippen LogP contribution in [0, 0.1) is 18.2 Å². The minimum absolute atomic E-state index is 0.0146. The van der Waals surface area contributed by atoms with Gasteiger partial charge in [-0.1, -0.05) is 18.6 Å². The summed E-state index contributed by atoms with van der Waals surface area (Å²) in [5.41, 5.74) is -1.14. The number of carbonyl (C=O) groups is 1. The van der Waals surface area contributed by atoms with Gasteiger partial charge < -0.3 is 34.6 Å². The minimum Gasteiger partial charge on any atom is -0.508 e. The van der Waals surface area contributed by atoms with Crippen LogP contribution in [0.5, 0.6) is 17.5 Å². The molecule has 328 valence electrons. The fourth-order valence-electron chi connectivity index (χ4n) is 10.9. The van der Waals surface area contributed by atoms with Crippen LogP contribution in [0.4, 0.5) is 14.6 Å². The molecule has 3 saturated heterocycles. The van der Waals surface area contributed by atoms with Gasteiger partial charge in [0.15, 0.2) is 11.6 Å². The molecule has 5 atom stereocenters. The summed E-state index contributed by atoms with van der Waals surface area (Å²) in [4.78, 5) is 29.2. The lowest BCUT2D eigenvalue weighted by Gasteiger charge is -2.51. The lowest BCUT2D eigenvalue weighted by atomic mass is 9.78. The van der Waals surface area contributed by atoms with Gasteiger partial charge in [0.05, 0.1) is 42.2 Å². The number of phenolic OH excluding ortho intramolecular Hbond substituents is 1. The molecule has 5 heterocycles. The molecule has 1 saturated carbocycles. The number of aromatic nitrogens is 2. The molecule has 1 aromatic heterocycles. The van der Waals surface area contributed by atoms with Gasteiger partial charge in [0.2, 0.25) is 5.91 Å². The van der Waals surface area contributed by atoms with E-state index >= 15 is 8.78 Å². The van der Waals surface area contributed by atoms with Crippen LogP contribution in [-0.2, 0) is 16.0 Å². The molecule has 0 spiro atoms. The number of amides is 1. The largest absolute Gasteiger partial charge is 0.508 e. The minimum atomic E-state index is -1.35. The smallest absolute Gasteiger partial charge is 0.318 e. The highest BCUT2D eigenvalue weighted by Gasteiger charge is 2.58. The van der Waals surface area contributed by atoms with Gasteiger partial charge in [-0.3, -0.25) is 14.6 Å². The zero-order valence-corrected chi connectivity index (χ0v) is 35.7. The molecule has 5 aliphatic rings. The molecular weight excluding hydrogens is 783 g/mol. The van der Waals surface area contributed by atoms with E-state index in [1.807, 2.05) is 0 Å². The van der Waals surface area contributed by atoms with Gasteiger partial charge in [0.1, 0.15) is 24.3 Å². The van der Waals surface area contributed by atoms with Gasteiger partial charge in [0.25, 0.3) is 0 Å². The number of aromatic hydroxyl groups is 1. The van der Waals surface area contributed by atoms with Crippen LogP contribution < -0.4 is 19.7 Å². The van der Waals surface area contributed by atoms with Gasteiger partial charge in [-0.05, 0) is 101 Å². The number of likely N-dealkylation sites (tertiary alicyclic amines) is 1. The van der Waals surface area contributed by atoms with Crippen molar-refractivity contribution >= 4 is 22.5 Å². The number of carbonyl (C=O) groups excluding carboxylic acids is 1. The number of phenols is 1. The van der Waals surface area contributed by atoms with E-state index in [0.29, 0.717) is 65.2 Å². The van der Waals surface area contributed by atoms with E-state index in [1.165, 1.54) is 12.1 Å². The number of rotatable bonds is 10. The molecule has 4 aliphatic heterocycles. The highest BCUT2D eigenvalue weighted by molar-refractivity contribution is 5.93. The summed E-state index contributed by atoms with van der Waals surface area (Å²) >= 11 is 0. The van der Waals surface area contributed by atoms with Crippen LogP contribution in [0.15, 0.2) is 36.9 Å². The Morgan fingerprint density at radius 3 is 2.66 bits per heavy atom. The van der Waals surface area contributed by atoms with E-state index < -0.39 is 23.1 Å². The number of benzene rings is 2. The van der Waals surface area contributed by atoms with Crippen LogP contribution >= 0.6 is 0 Å². The topological polar surface area (TPSA) is 133 Å². The maximum atomic E-state index is 15.9. The summed E-state index contributed by atoms with van der Waals surface area (Å²) in [7, 11) is 0. The normalized spacial score (nSPS) is 29.0. The molecule has 14 heteroatoms. The second-order valence-corrected chi connectivity index (χ2v) is 18.3. The van der Waals surface area contributed by atoms with Crippen molar-refractivity contribution < 1.29 is 38.0 Å². The highest BCUT2D eigenvalue weighted by atomic mass is 19.1. The molecular formula is C47H60F2N6O6. The fraction of sp³-hybridized carbons (Fsp3) is 0.596. The van der Waals surface area contributed by atoms with E-state index in [4.69, 9.17) is 30.6 Å². The monoisotopic (exact) mass is 842 g/mol. The number of nitrogens with one attached hydrogen (secondary N) is 1. The van der Waals surface area contributed by atoms with Crippen LogP contribution in [0.2, 0.25) is 0 Å². The van der Waals surface area contributed by atoms with Crippen molar-refractivity contribution in [3.8, 4) is 29.9 Å². The Morgan fingerprint density at radius 2 is 1.92 bits per heavy atom. The Balaban J connectivity index is 1.13. The maximum Gasteiger partial charge on any atom is 0.318 e. The Hall–Kier alpha value is -4.55. The number of ether oxygens (including phenoxy) is 3. The van der Waals surface area contributed by atoms with Gasteiger partial charge in [-0.15, -0.1) is 6.42 Å². The molecule has 0 bridgehead atoms. The number of hydrogen-bond donors (Lipinski definition) is 3. The van der Waals surface area contributed by atoms with E-state index in [1.54, 1.807) is 32.0 Å². The maximum absolute atomic E-state index is 15.9. The number of anilines is 1. The molecule has 61 heavy (non-hydrogen) atoms.